The standard InChI is InChI=1S/C14H14ClN5O2/c1-16-13(21)12-18-17-11-8-19(6-7-20(11)12)14(22)9-4-2-3-5-10(9)15/h2-5H,6-8H2,1H3,(H,16,21). The first kappa shape index (κ1) is 14.5. The van der Waals surface area contributed by atoms with Crippen molar-refractivity contribution in [3.8, 4) is 0 Å². The van der Waals surface area contributed by atoms with Crippen LogP contribution in [0, 0.1) is 0 Å². The number of hydrogen-bond acceptors (Lipinski definition) is 4. The van der Waals surface area contributed by atoms with Crippen LogP contribution in [0.5, 0.6) is 0 Å². The van der Waals surface area contributed by atoms with Crippen molar-refractivity contribution in [2.24, 2.45) is 0 Å². The third-order valence-electron chi connectivity index (χ3n) is 3.57. The zero-order valence-electron chi connectivity index (χ0n) is 11.9. The lowest BCUT2D eigenvalue weighted by Crippen LogP contribution is -2.39. The number of nitrogens with zero attached hydrogens (tertiary/aromatic N) is 4. The second-order valence-corrected chi connectivity index (χ2v) is 5.28. The zero-order valence-corrected chi connectivity index (χ0v) is 12.7. The first-order chi connectivity index (χ1) is 10.6. The molecule has 0 saturated heterocycles. The molecule has 7 nitrogen and oxygen atoms in total. The van der Waals surface area contributed by atoms with Crippen molar-refractivity contribution in [2.75, 3.05) is 13.6 Å². The van der Waals surface area contributed by atoms with Crippen LogP contribution in [0.3, 0.4) is 0 Å². The van der Waals surface area contributed by atoms with Gasteiger partial charge in [-0.05, 0) is 12.1 Å². The summed E-state index contributed by atoms with van der Waals surface area (Å²) in [5.41, 5.74) is 0.462. The lowest BCUT2D eigenvalue weighted by atomic mass is 10.2. The van der Waals surface area contributed by atoms with Gasteiger partial charge in [0.05, 0.1) is 17.1 Å². The number of halogens is 1. The lowest BCUT2D eigenvalue weighted by molar-refractivity contribution is 0.0706. The second kappa shape index (κ2) is 5.76. The molecule has 114 valence electrons. The summed E-state index contributed by atoms with van der Waals surface area (Å²) in [5, 5.41) is 10.8. The fourth-order valence-electron chi connectivity index (χ4n) is 2.42. The van der Waals surface area contributed by atoms with E-state index in [9.17, 15) is 9.59 Å². The molecule has 8 heteroatoms. The SMILES string of the molecule is CNC(=O)c1nnc2n1CCN(C(=O)c1ccccc1Cl)C2. The number of carbonyl (C=O) groups excluding carboxylic acids is 2. The Morgan fingerprint density at radius 2 is 2.00 bits per heavy atom. The summed E-state index contributed by atoms with van der Waals surface area (Å²) in [7, 11) is 1.54. The Morgan fingerprint density at radius 1 is 1.23 bits per heavy atom. The molecule has 3 rings (SSSR count). The fourth-order valence-corrected chi connectivity index (χ4v) is 2.63. The van der Waals surface area contributed by atoms with Crippen LogP contribution >= 0.6 is 11.6 Å². The van der Waals surface area contributed by atoms with E-state index < -0.39 is 0 Å². The molecule has 0 radical (unpaired) electrons. The van der Waals surface area contributed by atoms with E-state index >= 15 is 0 Å². The van der Waals surface area contributed by atoms with Gasteiger partial charge < -0.3 is 14.8 Å². The first-order valence-electron chi connectivity index (χ1n) is 6.79. The number of nitrogens with one attached hydrogen (secondary N) is 1. The molecule has 1 N–H and O–H groups in total. The fraction of sp³-hybridized carbons (Fsp3) is 0.286. The number of amides is 2. The van der Waals surface area contributed by atoms with Gasteiger partial charge in [0.2, 0.25) is 5.82 Å². The topological polar surface area (TPSA) is 80.1 Å². The number of benzene rings is 1. The Bertz CT molecular complexity index is 743. The van der Waals surface area contributed by atoms with Gasteiger partial charge in [0.25, 0.3) is 11.8 Å². The maximum Gasteiger partial charge on any atom is 0.288 e. The van der Waals surface area contributed by atoms with E-state index in [1.54, 1.807) is 40.8 Å². The third kappa shape index (κ3) is 2.43. The minimum Gasteiger partial charge on any atom is -0.352 e. The van der Waals surface area contributed by atoms with Crippen LogP contribution in [-0.2, 0) is 13.1 Å². The highest BCUT2D eigenvalue weighted by Crippen LogP contribution is 2.20. The lowest BCUT2D eigenvalue weighted by Gasteiger charge is -2.28. The minimum atomic E-state index is -0.287. The molecule has 0 atom stereocenters. The van der Waals surface area contributed by atoms with Gasteiger partial charge in [-0.2, -0.15) is 0 Å². The van der Waals surface area contributed by atoms with Gasteiger partial charge in [0.15, 0.2) is 5.82 Å². The van der Waals surface area contributed by atoms with Gasteiger partial charge in [-0.25, -0.2) is 0 Å². The molecule has 2 heterocycles. The highest BCUT2D eigenvalue weighted by molar-refractivity contribution is 6.33. The molecule has 0 spiro atoms. The highest BCUT2D eigenvalue weighted by atomic mass is 35.5. The highest BCUT2D eigenvalue weighted by Gasteiger charge is 2.27. The van der Waals surface area contributed by atoms with Crippen LogP contribution in [0.1, 0.15) is 26.8 Å². The van der Waals surface area contributed by atoms with Crippen LogP contribution in [0.25, 0.3) is 0 Å². The van der Waals surface area contributed by atoms with Crippen molar-refractivity contribution < 1.29 is 9.59 Å². The molecule has 0 aliphatic carbocycles. The van der Waals surface area contributed by atoms with E-state index in [1.165, 1.54) is 0 Å². The van der Waals surface area contributed by atoms with E-state index in [4.69, 9.17) is 11.6 Å². The predicted octanol–water partition coefficient (Wildman–Crippen LogP) is 0.947. The van der Waals surface area contributed by atoms with Gasteiger partial charge in [-0.15, -0.1) is 10.2 Å². The Balaban J connectivity index is 1.83. The van der Waals surface area contributed by atoms with E-state index in [-0.39, 0.29) is 17.6 Å². The summed E-state index contributed by atoms with van der Waals surface area (Å²) in [6.45, 7) is 1.24. The predicted molar refractivity (Wildman–Crippen MR) is 79.6 cm³/mol. The third-order valence-corrected chi connectivity index (χ3v) is 3.90. The molecule has 1 aliphatic heterocycles. The molecule has 0 saturated carbocycles. The molecule has 2 aromatic rings. The summed E-state index contributed by atoms with van der Waals surface area (Å²) in [6, 6.07) is 6.93. The second-order valence-electron chi connectivity index (χ2n) is 4.88. The smallest absolute Gasteiger partial charge is 0.288 e. The van der Waals surface area contributed by atoms with Gasteiger partial charge in [0.1, 0.15) is 0 Å². The van der Waals surface area contributed by atoms with Crippen molar-refractivity contribution >= 4 is 23.4 Å². The number of carbonyl (C=O) groups is 2. The maximum absolute atomic E-state index is 12.5. The molecule has 22 heavy (non-hydrogen) atoms. The molecule has 0 unspecified atom stereocenters. The largest absolute Gasteiger partial charge is 0.352 e. The van der Waals surface area contributed by atoms with Crippen molar-refractivity contribution in [1.82, 2.24) is 25.0 Å². The van der Waals surface area contributed by atoms with Crippen molar-refractivity contribution in [2.45, 2.75) is 13.1 Å². The Kier molecular flexibility index (Phi) is 3.81. The number of rotatable bonds is 2. The number of aromatic nitrogens is 3. The molecule has 1 aromatic carbocycles. The number of fused-ring (bicyclic) bond motifs is 1. The van der Waals surface area contributed by atoms with Crippen molar-refractivity contribution in [1.29, 1.82) is 0 Å². The van der Waals surface area contributed by atoms with Crippen LogP contribution in [0.2, 0.25) is 5.02 Å². The molecule has 0 bridgehead atoms. The normalized spacial score (nSPS) is 13.6. The minimum absolute atomic E-state index is 0.152. The van der Waals surface area contributed by atoms with E-state index in [1.807, 2.05) is 0 Å². The quantitative estimate of drug-likeness (QED) is 0.893. The first-order valence-corrected chi connectivity index (χ1v) is 7.17. The molecular weight excluding hydrogens is 306 g/mol. The molecule has 1 aliphatic rings. The molecular formula is C14H14ClN5O2. The maximum atomic E-state index is 12.5. The summed E-state index contributed by atoms with van der Waals surface area (Å²) < 4.78 is 1.73. The zero-order chi connectivity index (χ0) is 15.7. The van der Waals surface area contributed by atoms with Crippen LogP contribution in [-0.4, -0.2) is 45.1 Å². The van der Waals surface area contributed by atoms with Crippen LogP contribution < -0.4 is 5.32 Å². The Labute approximate surface area is 131 Å². The van der Waals surface area contributed by atoms with E-state index in [0.717, 1.165) is 0 Å². The van der Waals surface area contributed by atoms with E-state index in [2.05, 4.69) is 15.5 Å². The average Bonchev–Trinajstić information content (AvgIpc) is 2.97. The Morgan fingerprint density at radius 3 is 2.73 bits per heavy atom. The van der Waals surface area contributed by atoms with Crippen molar-refractivity contribution in [3.05, 3.63) is 46.5 Å². The average molecular weight is 320 g/mol. The van der Waals surface area contributed by atoms with Crippen LogP contribution in [0.4, 0.5) is 0 Å². The van der Waals surface area contributed by atoms with Gasteiger partial charge in [-0.1, -0.05) is 23.7 Å². The molecule has 0 fully saturated rings. The number of hydrogen-bond donors (Lipinski definition) is 1. The molecule has 2 amide bonds. The monoisotopic (exact) mass is 319 g/mol. The summed E-state index contributed by atoms with van der Waals surface area (Å²) in [6.07, 6.45) is 0. The van der Waals surface area contributed by atoms with Crippen molar-refractivity contribution in [3.63, 3.8) is 0 Å². The van der Waals surface area contributed by atoms with Gasteiger partial charge in [-0.3, -0.25) is 9.59 Å². The summed E-state index contributed by atoms with van der Waals surface area (Å²) in [5.74, 6) is 0.415. The summed E-state index contributed by atoms with van der Waals surface area (Å²) >= 11 is 6.07. The van der Waals surface area contributed by atoms with Gasteiger partial charge >= 0.3 is 0 Å². The van der Waals surface area contributed by atoms with E-state index in [0.29, 0.717) is 36.0 Å². The van der Waals surface area contributed by atoms with Crippen LogP contribution in [0.15, 0.2) is 24.3 Å². The van der Waals surface area contributed by atoms with Gasteiger partial charge in [0, 0.05) is 20.1 Å². The Hall–Kier alpha value is -2.41. The molecule has 1 aromatic heterocycles. The summed E-state index contributed by atoms with van der Waals surface area (Å²) in [4.78, 5) is 25.9.